The Morgan fingerprint density at radius 2 is 2.83 bits per heavy atom. The first kappa shape index (κ1) is 3.22. The van der Waals surface area contributed by atoms with Gasteiger partial charge in [0.1, 0.15) is 0 Å². The van der Waals surface area contributed by atoms with Gasteiger partial charge in [0.25, 0.3) is 0 Å². The summed E-state index contributed by atoms with van der Waals surface area (Å²) in [5, 5.41) is 2.48. The third-order valence-electron chi connectivity index (χ3n) is 0.439. The van der Waals surface area contributed by atoms with Crippen molar-refractivity contribution in [1.29, 1.82) is 0 Å². The molecule has 0 bridgehead atoms. The van der Waals surface area contributed by atoms with E-state index in [0.717, 1.165) is 4.47 Å². The van der Waals surface area contributed by atoms with Gasteiger partial charge in [0.2, 0.25) is 0 Å². The van der Waals surface area contributed by atoms with Crippen LogP contribution in [0.3, 0.4) is 0 Å². The molecule has 0 spiro atoms. The second kappa shape index (κ2) is 1.76. The SMILES string of the molecule is [2H]c1sccc1Br. The minimum absolute atomic E-state index is 0.597. The van der Waals surface area contributed by atoms with E-state index in [9.17, 15) is 0 Å². The van der Waals surface area contributed by atoms with Crippen molar-refractivity contribution in [2.24, 2.45) is 0 Å². The lowest BCUT2D eigenvalue weighted by atomic mass is 10.7. The van der Waals surface area contributed by atoms with Crippen LogP contribution in [0.4, 0.5) is 0 Å². The average molecular weight is 164 g/mol. The van der Waals surface area contributed by atoms with Gasteiger partial charge < -0.3 is 0 Å². The summed E-state index contributed by atoms with van der Waals surface area (Å²) in [5.74, 6) is 0. The highest BCUT2D eigenvalue weighted by Gasteiger charge is 1.77. The Labute approximate surface area is 50.3 Å². The summed E-state index contributed by atoms with van der Waals surface area (Å²) in [6, 6.07) is 1.87. The monoisotopic (exact) mass is 163 g/mol. The second-order valence-electron chi connectivity index (χ2n) is 0.871. The van der Waals surface area contributed by atoms with Crippen molar-refractivity contribution in [2.75, 3.05) is 0 Å². The zero-order chi connectivity index (χ0) is 5.28. The van der Waals surface area contributed by atoms with Gasteiger partial charge in [-0.15, -0.1) is 0 Å². The Kier molecular flexibility index (Phi) is 0.941. The fraction of sp³-hybridized carbons (Fsp3) is 0. The molecule has 1 aromatic rings. The summed E-state index contributed by atoms with van der Waals surface area (Å²) in [7, 11) is 0. The summed E-state index contributed by atoms with van der Waals surface area (Å²) in [6.07, 6.45) is 0. The van der Waals surface area contributed by atoms with E-state index in [-0.39, 0.29) is 0 Å². The van der Waals surface area contributed by atoms with E-state index < -0.39 is 0 Å². The van der Waals surface area contributed by atoms with Crippen LogP contribution in [-0.2, 0) is 0 Å². The molecule has 0 nitrogen and oxygen atoms in total. The van der Waals surface area contributed by atoms with Gasteiger partial charge in [-0.25, -0.2) is 0 Å². The molecule has 1 aromatic heterocycles. The van der Waals surface area contributed by atoms with Crippen molar-refractivity contribution in [3.8, 4) is 0 Å². The highest BCUT2D eigenvalue weighted by Crippen LogP contribution is 2.11. The molecule has 0 radical (unpaired) electrons. The largest absolute Gasteiger partial charge is 0.151 e. The van der Waals surface area contributed by atoms with Crippen LogP contribution in [0.25, 0.3) is 0 Å². The summed E-state index contributed by atoms with van der Waals surface area (Å²) >= 11 is 4.61. The summed E-state index contributed by atoms with van der Waals surface area (Å²) in [6.45, 7) is 0. The molecule has 0 amide bonds. The lowest BCUT2D eigenvalue weighted by molar-refractivity contribution is 1.90. The molecule has 0 aliphatic carbocycles. The van der Waals surface area contributed by atoms with Crippen molar-refractivity contribution in [3.05, 3.63) is 21.3 Å². The van der Waals surface area contributed by atoms with Crippen molar-refractivity contribution in [1.82, 2.24) is 0 Å². The van der Waals surface area contributed by atoms with E-state index >= 15 is 0 Å². The van der Waals surface area contributed by atoms with Gasteiger partial charge in [0.15, 0.2) is 0 Å². The maximum Gasteiger partial charge on any atom is 0.0752 e. The summed E-state index contributed by atoms with van der Waals surface area (Å²) in [4.78, 5) is 0. The molecule has 2 heteroatoms. The number of rotatable bonds is 0. The maximum absolute atomic E-state index is 7.07. The van der Waals surface area contributed by atoms with E-state index in [1.165, 1.54) is 11.3 Å². The van der Waals surface area contributed by atoms with Gasteiger partial charge >= 0.3 is 0 Å². The van der Waals surface area contributed by atoms with Gasteiger partial charge in [0.05, 0.1) is 1.37 Å². The number of hydrogen-bond donors (Lipinski definition) is 0. The molecule has 0 aliphatic rings. The Morgan fingerprint density at radius 1 is 2.00 bits per heavy atom. The van der Waals surface area contributed by atoms with Crippen LogP contribution in [0.2, 0.25) is 0 Å². The van der Waals surface area contributed by atoms with E-state index in [0.29, 0.717) is 5.36 Å². The highest BCUT2D eigenvalue weighted by atomic mass is 79.9. The van der Waals surface area contributed by atoms with Crippen molar-refractivity contribution in [2.45, 2.75) is 0 Å². The third-order valence-corrected chi connectivity index (χ3v) is 1.77. The van der Waals surface area contributed by atoms with Crippen molar-refractivity contribution >= 4 is 27.3 Å². The smallest absolute Gasteiger partial charge is 0.0752 e. The van der Waals surface area contributed by atoms with Gasteiger partial charge in [-0.3, -0.25) is 0 Å². The van der Waals surface area contributed by atoms with Crippen LogP contribution in [0, 0.1) is 0 Å². The molecule has 1 rings (SSSR count). The van der Waals surface area contributed by atoms with E-state index in [4.69, 9.17) is 1.37 Å². The average Bonchev–Trinajstić information content (AvgIpc) is 1.91. The van der Waals surface area contributed by atoms with Gasteiger partial charge in [-0.2, -0.15) is 11.3 Å². The van der Waals surface area contributed by atoms with Gasteiger partial charge in [0, 0.05) is 9.83 Å². The van der Waals surface area contributed by atoms with Crippen LogP contribution in [-0.4, -0.2) is 0 Å². The first-order valence-corrected chi connectivity index (χ1v) is 3.17. The van der Waals surface area contributed by atoms with E-state index in [2.05, 4.69) is 15.9 Å². The van der Waals surface area contributed by atoms with Crippen LogP contribution < -0.4 is 0 Å². The number of hydrogen-bond acceptors (Lipinski definition) is 1. The molecular weight excluding hydrogens is 160 g/mol. The summed E-state index contributed by atoms with van der Waals surface area (Å²) < 4.78 is 7.96. The molecule has 0 N–H and O–H groups in total. The number of halogens is 1. The first-order chi connectivity index (χ1) is 3.30. The van der Waals surface area contributed by atoms with Crippen LogP contribution in [0.1, 0.15) is 1.37 Å². The Bertz CT molecular complexity index is 144. The van der Waals surface area contributed by atoms with E-state index in [1.54, 1.807) is 0 Å². The molecule has 0 atom stereocenters. The molecule has 0 aromatic carbocycles. The summed E-state index contributed by atoms with van der Waals surface area (Å²) in [5.41, 5.74) is 0. The van der Waals surface area contributed by atoms with Gasteiger partial charge in [-0.05, 0) is 27.4 Å². The fourth-order valence-electron chi connectivity index (χ4n) is 0.218. The Morgan fingerprint density at radius 3 is 3.00 bits per heavy atom. The zero-order valence-corrected chi connectivity index (χ0v) is 5.34. The van der Waals surface area contributed by atoms with Crippen molar-refractivity contribution < 1.29 is 1.37 Å². The minimum atomic E-state index is 0.597. The quantitative estimate of drug-likeness (QED) is 0.552. The lowest BCUT2D eigenvalue weighted by Gasteiger charge is -1.62. The molecule has 0 saturated carbocycles. The minimum Gasteiger partial charge on any atom is -0.151 e. The predicted octanol–water partition coefficient (Wildman–Crippen LogP) is 2.51. The lowest BCUT2D eigenvalue weighted by Crippen LogP contribution is -1.34. The molecule has 6 heavy (non-hydrogen) atoms. The second-order valence-corrected chi connectivity index (χ2v) is 2.44. The molecule has 32 valence electrons. The Hall–Kier alpha value is 0.180. The predicted molar refractivity (Wildman–Crippen MR) is 32.0 cm³/mol. The fourth-order valence-corrected chi connectivity index (χ4v) is 1.26. The number of thiophene rings is 1. The highest BCUT2D eigenvalue weighted by molar-refractivity contribution is 9.10. The van der Waals surface area contributed by atoms with Crippen molar-refractivity contribution in [3.63, 3.8) is 0 Å². The molecule has 0 fully saturated rings. The maximum atomic E-state index is 7.07. The molecule has 0 unspecified atom stereocenters. The zero-order valence-electron chi connectivity index (χ0n) is 3.94. The molecule has 1 heterocycles. The Balaban J connectivity index is 3.12. The topological polar surface area (TPSA) is 0 Å². The third kappa shape index (κ3) is 0.820. The van der Waals surface area contributed by atoms with E-state index in [1.807, 2.05) is 11.4 Å². The van der Waals surface area contributed by atoms with Gasteiger partial charge in [-0.1, -0.05) is 0 Å². The normalized spacial score (nSPS) is 11.2. The first-order valence-electron chi connectivity index (χ1n) is 2.00. The van der Waals surface area contributed by atoms with Crippen LogP contribution in [0.5, 0.6) is 0 Å². The van der Waals surface area contributed by atoms with Crippen LogP contribution >= 0.6 is 27.3 Å². The molecule has 0 aliphatic heterocycles. The molecule has 0 saturated heterocycles. The van der Waals surface area contributed by atoms with Crippen LogP contribution in [0.15, 0.2) is 21.3 Å². The molecular formula is C4H3BrS. The standard InChI is InChI=1S/C4H3BrS/c5-4-1-2-6-3-4/h1-3H/i3D.